The molecule has 24 heavy (non-hydrogen) atoms. The third-order valence-corrected chi connectivity index (χ3v) is 2.97. The third-order valence-electron chi connectivity index (χ3n) is 2.97. The van der Waals surface area contributed by atoms with Crippen molar-refractivity contribution >= 4 is 24.1 Å². The van der Waals surface area contributed by atoms with Crippen LogP contribution in [-0.2, 0) is 0 Å². The van der Waals surface area contributed by atoms with Crippen molar-refractivity contribution in [3.63, 3.8) is 0 Å². The number of guanidine groups is 1. The van der Waals surface area contributed by atoms with E-state index in [0.717, 1.165) is 16.8 Å². The van der Waals surface area contributed by atoms with Gasteiger partial charge in [0, 0.05) is 12.7 Å². The Morgan fingerprint density at radius 3 is 2.29 bits per heavy atom. The van der Waals surface area contributed by atoms with Crippen LogP contribution in [0.2, 0.25) is 0 Å². The van der Waals surface area contributed by atoms with Crippen LogP contribution in [0.3, 0.4) is 0 Å². The van der Waals surface area contributed by atoms with Gasteiger partial charge < -0.3 is 5.32 Å². The molecule has 0 radical (unpaired) electrons. The second-order valence-electron chi connectivity index (χ2n) is 4.73. The summed E-state index contributed by atoms with van der Waals surface area (Å²) in [5.41, 5.74) is 8.25. The minimum atomic E-state index is -0.0660. The van der Waals surface area contributed by atoms with Crippen molar-refractivity contribution in [3.05, 3.63) is 65.2 Å². The summed E-state index contributed by atoms with van der Waals surface area (Å²) in [7, 11) is 1.85. The van der Waals surface area contributed by atoms with Crippen LogP contribution in [0, 0.1) is 16.7 Å². The molecule has 0 spiro atoms. The van der Waals surface area contributed by atoms with E-state index in [1.807, 2.05) is 37.4 Å². The second-order valence-corrected chi connectivity index (χ2v) is 4.73. The summed E-state index contributed by atoms with van der Waals surface area (Å²) in [5.74, 6) is -0.0660. The smallest absolute Gasteiger partial charge is 0.230 e. The summed E-state index contributed by atoms with van der Waals surface area (Å²) >= 11 is 0. The number of rotatable bonds is 5. The summed E-state index contributed by atoms with van der Waals surface area (Å²) in [4.78, 5) is 0. The van der Waals surface area contributed by atoms with Gasteiger partial charge in [0.15, 0.2) is 0 Å². The maximum absolute atomic E-state index is 8.83. The molecule has 0 amide bonds. The van der Waals surface area contributed by atoms with Gasteiger partial charge in [-0.1, -0.05) is 24.3 Å². The predicted octanol–water partition coefficient (Wildman–Crippen LogP) is 2.08. The van der Waals surface area contributed by atoms with Crippen molar-refractivity contribution in [3.8, 4) is 6.07 Å². The number of hydrogen-bond donors (Lipinski definition) is 4. The zero-order valence-corrected chi connectivity index (χ0v) is 13.1. The minimum Gasteiger partial charge on any atom is -0.388 e. The van der Waals surface area contributed by atoms with Crippen molar-refractivity contribution in [2.45, 2.75) is 0 Å². The second kappa shape index (κ2) is 8.70. The molecular weight excluding hydrogens is 302 g/mol. The van der Waals surface area contributed by atoms with Crippen molar-refractivity contribution < 1.29 is 0 Å². The first-order valence-electron chi connectivity index (χ1n) is 7.16. The molecule has 7 heteroatoms. The lowest BCUT2D eigenvalue weighted by atomic mass is 10.1. The first-order valence-corrected chi connectivity index (χ1v) is 7.16. The van der Waals surface area contributed by atoms with E-state index in [4.69, 9.17) is 10.7 Å². The summed E-state index contributed by atoms with van der Waals surface area (Å²) in [6.45, 7) is 0. The number of anilines is 1. The molecule has 0 atom stereocenters. The summed E-state index contributed by atoms with van der Waals surface area (Å²) in [6.07, 6.45) is 3.13. The van der Waals surface area contributed by atoms with E-state index in [1.54, 1.807) is 24.4 Å². The highest BCUT2D eigenvalue weighted by Crippen LogP contribution is 2.07. The van der Waals surface area contributed by atoms with Crippen LogP contribution >= 0.6 is 0 Å². The van der Waals surface area contributed by atoms with Gasteiger partial charge in [-0.25, -0.2) is 10.9 Å². The molecule has 0 aliphatic heterocycles. The normalized spacial score (nSPS) is 10.5. The standard InChI is InChI=1S/C17H17N7/c1-20-16-7-3-6-15(9-16)12-22-24-17(19)23-21-11-14-5-2-4-13(8-14)10-18/h2-9,11-12,20H,1H3,(H3,19,23,24)/b21-11+,22-12+. The molecule has 0 heterocycles. The van der Waals surface area contributed by atoms with Gasteiger partial charge >= 0.3 is 0 Å². The first-order chi connectivity index (χ1) is 11.7. The molecule has 0 aromatic heterocycles. The van der Waals surface area contributed by atoms with Gasteiger partial charge in [-0.2, -0.15) is 15.5 Å². The molecule has 7 nitrogen and oxygen atoms in total. The van der Waals surface area contributed by atoms with Gasteiger partial charge in [-0.3, -0.25) is 5.41 Å². The van der Waals surface area contributed by atoms with Crippen molar-refractivity contribution in [1.29, 1.82) is 10.7 Å². The number of hydrogen-bond acceptors (Lipinski definition) is 5. The Balaban J connectivity index is 1.83. The molecule has 0 saturated carbocycles. The fourth-order valence-corrected chi connectivity index (χ4v) is 1.83. The van der Waals surface area contributed by atoms with Crippen LogP contribution < -0.4 is 16.2 Å². The van der Waals surface area contributed by atoms with Crippen LogP contribution in [0.1, 0.15) is 16.7 Å². The highest BCUT2D eigenvalue weighted by molar-refractivity contribution is 5.85. The molecule has 120 valence electrons. The van der Waals surface area contributed by atoms with E-state index >= 15 is 0 Å². The molecule has 4 N–H and O–H groups in total. The number of hydrazone groups is 2. The number of nitrogens with zero attached hydrogens (tertiary/aromatic N) is 3. The lowest BCUT2D eigenvalue weighted by Crippen LogP contribution is -2.29. The van der Waals surface area contributed by atoms with Gasteiger partial charge in [0.1, 0.15) is 0 Å². The molecule has 0 saturated heterocycles. The zero-order chi connectivity index (χ0) is 17.2. The average molecular weight is 319 g/mol. The van der Waals surface area contributed by atoms with Gasteiger partial charge in [0.25, 0.3) is 0 Å². The topological polar surface area (TPSA) is 108 Å². The Morgan fingerprint density at radius 2 is 1.67 bits per heavy atom. The fraction of sp³-hybridized carbons (Fsp3) is 0.0588. The summed E-state index contributed by atoms with van der Waals surface area (Å²) in [6, 6.07) is 16.8. The van der Waals surface area contributed by atoms with Crippen molar-refractivity contribution in [2.24, 2.45) is 10.2 Å². The van der Waals surface area contributed by atoms with Crippen LogP contribution in [0.5, 0.6) is 0 Å². The Bertz CT molecular complexity index is 803. The van der Waals surface area contributed by atoms with Crippen LogP contribution in [0.4, 0.5) is 5.69 Å². The highest BCUT2D eigenvalue weighted by atomic mass is 15.4. The van der Waals surface area contributed by atoms with Crippen molar-refractivity contribution in [2.75, 3.05) is 12.4 Å². The molecule has 0 unspecified atom stereocenters. The molecule has 0 fully saturated rings. The monoisotopic (exact) mass is 319 g/mol. The van der Waals surface area contributed by atoms with E-state index in [0.29, 0.717) is 5.56 Å². The van der Waals surface area contributed by atoms with Gasteiger partial charge in [-0.15, -0.1) is 0 Å². The van der Waals surface area contributed by atoms with Crippen LogP contribution in [0.25, 0.3) is 0 Å². The number of nitrogens with one attached hydrogen (secondary N) is 4. The quantitative estimate of drug-likeness (QED) is 0.384. The highest BCUT2D eigenvalue weighted by Gasteiger charge is 1.93. The fourth-order valence-electron chi connectivity index (χ4n) is 1.83. The number of benzene rings is 2. The van der Waals surface area contributed by atoms with Crippen LogP contribution in [0.15, 0.2) is 58.7 Å². The van der Waals surface area contributed by atoms with Gasteiger partial charge in [-0.05, 0) is 35.4 Å². The molecule has 0 bridgehead atoms. The third kappa shape index (κ3) is 5.27. The predicted molar refractivity (Wildman–Crippen MR) is 96.3 cm³/mol. The Labute approximate surface area is 140 Å². The lowest BCUT2D eigenvalue weighted by molar-refractivity contribution is 0.893. The molecule has 2 aromatic carbocycles. The Morgan fingerprint density at radius 1 is 1.04 bits per heavy atom. The van der Waals surface area contributed by atoms with E-state index in [9.17, 15) is 0 Å². The van der Waals surface area contributed by atoms with Crippen LogP contribution in [-0.4, -0.2) is 25.4 Å². The Kier molecular flexibility index (Phi) is 6.06. The molecular formula is C17H17N7. The average Bonchev–Trinajstić information content (AvgIpc) is 2.62. The van der Waals surface area contributed by atoms with Gasteiger partial charge in [0.05, 0.1) is 24.1 Å². The summed E-state index contributed by atoms with van der Waals surface area (Å²) < 4.78 is 0. The SMILES string of the molecule is CNc1cccc(/C=N/NC(=N)N/N=C/c2cccc(C#N)c2)c1. The molecule has 2 aromatic rings. The largest absolute Gasteiger partial charge is 0.388 e. The zero-order valence-electron chi connectivity index (χ0n) is 13.1. The minimum absolute atomic E-state index is 0.0660. The first kappa shape index (κ1) is 16.7. The lowest BCUT2D eigenvalue weighted by Gasteiger charge is -2.02. The van der Waals surface area contributed by atoms with E-state index in [-0.39, 0.29) is 5.96 Å². The maximum atomic E-state index is 8.83. The molecule has 2 rings (SSSR count). The maximum Gasteiger partial charge on any atom is 0.230 e. The number of nitriles is 1. The van der Waals surface area contributed by atoms with E-state index < -0.39 is 0 Å². The molecule has 0 aliphatic carbocycles. The Hall–Kier alpha value is -3.66. The van der Waals surface area contributed by atoms with E-state index in [2.05, 4.69) is 32.4 Å². The van der Waals surface area contributed by atoms with Gasteiger partial charge in [0.2, 0.25) is 5.96 Å². The molecule has 0 aliphatic rings. The summed E-state index contributed by atoms with van der Waals surface area (Å²) in [5, 5.41) is 27.4. The van der Waals surface area contributed by atoms with E-state index in [1.165, 1.54) is 6.21 Å². The van der Waals surface area contributed by atoms with Crippen molar-refractivity contribution in [1.82, 2.24) is 10.9 Å².